The molecule has 3 atom stereocenters. The fourth-order valence-electron chi connectivity index (χ4n) is 2.97. The maximum atomic E-state index is 12.8. The van der Waals surface area contributed by atoms with E-state index >= 15 is 0 Å². The fraction of sp³-hybridized carbons (Fsp3) is 0.733. The molecule has 1 aromatic rings. The minimum absolute atomic E-state index is 0.0206. The van der Waals surface area contributed by atoms with E-state index in [0.717, 1.165) is 6.42 Å². The van der Waals surface area contributed by atoms with Gasteiger partial charge in [-0.25, -0.2) is 0 Å². The smallest absolute Gasteiger partial charge is 0.312 e. The first-order valence-corrected chi connectivity index (χ1v) is 8.26. The molecular formula is C15H23F3N2S. The maximum absolute atomic E-state index is 12.8. The van der Waals surface area contributed by atoms with Crippen LogP contribution in [0.4, 0.5) is 13.2 Å². The van der Waals surface area contributed by atoms with Crippen LogP contribution >= 0.6 is 11.3 Å². The number of halogens is 3. The van der Waals surface area contributed by atoms with Crippen molar-refractivity contribution in [3.63, 3.8) is 0 Å². The molecule has 3 unspecified atom stereocenters. The first-order valence-electron chi connectivity index (χ1n) is 7.38. The van der Waals surface area contributed by atoms with E-state index in [1.165, 1.54) is 4.88 Å². The molecule has 0 aliphatic heterocycles. The van der Waals surface area contributed by atoms with Gasteiger partial charge in [-0.15, -0.1) is 11.3 Å². The van der Waals surface area contributed by atoms with E-state index < -0.39 is 12.1 Å². The van der Waals surface area contributed by atoms with Crippen LogP contribution < -0.4 is 5.32 Å². The predicted molar refractivity (Wildman–Crippen MR) is 80.6 cm³/mol. The van der Waals surface area contributed by atoms with Gasteiger partial charge in [0.2, 0.25) is 0 Å². The Labute approximate surface area is 128 Å². The van der Waals surface area contributed by atoms with Crippen molar-refractivity contribution in [2.75, 3.05) is 20.6 Å². The highest BCUT2D eigenvalue weighted by Gasteiger charge is 2.42. The molecule has 0 spiro atoms. The largest absolute Gasteiger partial charge is 0.391 e. The third-order valence-electron chi connectivity index (χ3n) is 4.23. The molecule has 1 heterocycles. The quantitative estimate of drug-likeness (QED) is 0.880. The molecule has 1 aliphatic rings. The lowest BCUT2D eigenvalue weighted by atomic mass is 9.85. The number of alkyl halides is 3. The summed E-state index contributed by atoms with van der Waals surface area (Å²) in [6.45, 7) is 0.697. The van der Waals surface area contributed by atoms with Crippen molar-refractivity contribution in [1.29, 1.82) is 0 Å². The van der Waals surface area contributed by atoms with Crippen molar-refractivity contribution in [2.45, 2.75) is 43.9 Å². The highest BCUT2D eigenvalue weighted by Crippen LogP contribution is 2.37. The summed E-state index contributed by atoms with van der Waals surface area (Å²) in [5, 5.41) is 5.39. The van der Waals surface area contributed by atoms with Gasteiger partial charge in [-0.3, -0.25) is 0 Å². The summed E-state index contributed by atoms with van der Waals surface area (Å²) in [4.78, 5) is 3.36. The molecule has 0 radical (unpaired) electrons. The number of hydrogen-bond donors (Lipinski definition) is 1. The Bertz CT molecular complexity index is 417. The first-order chi connectivity index (χ1) is 9.88. The summed E-state index contributed by atoms with van der Waals surface area (Å²) in [5.74, 6) is -1.14. The number of thiophene rings is 1. The van der Waals surface area contributed by atoms with Gasteiger partial charge in [0.15, 0.2) is 0 Å². The van der Waals surface area contributed by atoms with Gasteiger partial charge in [-0.1, -0.05) is 12.5 Å². The molecule has 6 heteroatoms. The van der Waals surface area contributed by atoms with Gasteiger partial charge in [0.1, 0.15) is 0 Å². The standard InChI is InChI=1S/C15H23F3N2S/c1-20(2)13(14-7-4-8-21-14)10-19-12-6-3-5-11(9-12)15(16,17)18/h4,7-8,11-13,19H,3,5-6,9-10H2,1-2H3. The normalized spacial score (nSPS) is 25.2. The van der Waals surface area contributed by atoms with Crippen LogP contribution in [0.5, 0.6) is 0 Å². The average molecular weight is 320 g/mol. The predicted octanol–water partition coefficient (Wildman–Crippen LogP) is 4.06. The second-order valence-corrected chi connectivity index (χ2v) is 6.98. The third kappa shape index (κ3) is 4.69. The number of hydrogen-bond acceptors (Lipinski definition) is 3. The minimum atomic E-state index is -4.05. The highest BCUT2D eigenvalue weighted by molar-refractivity contribution is 7.10. The topological polar surface area (TPSA) is 15.3 Å². The molecule has 0 amide bonds. The molecule has 21 heavy (non-hydrogen) atoms. The number of likely N-dealkylation sites (N-methyl/N-ethyl adjacent to an activating group) is 1. The number of rotatable bonds is 5. The lowest BCUT2D eigenvalue weighted by Crippen LogP contribution is -2.42. The van der Waals surface area contributed by atoms with Gasteiger partial charge in [-0.05, 0) is 44.8 Å². The maximum Gasteiger partial charge on any atom is 0.391 e. The molecule has 120 valence electrons. The molecule has 2 rings (SSSR count). The van der Waals surface area contributed by atoms with E-state index in [4.69, 9.17) is 0 Å². The van der Waals surface area contributed by atoms with Gasteiger partial charge >= 0.3 is 6.18 Å². The van der Waals surface area contributed by atoms with Crippen LogP contribution in [0.3, 0.4) is 0 Å². The third-order valence-corrected chi connectivity index (χ3v) is 5.21. The van der Waals surface area contributed by atoms with Crippen LogP contribution in [-0.2, 0) is 0 Å². The van der Waals surface area contributed by atoms with Gasteiger partial charge in [0, 0.05) is 17.5 Å². The van der Waals surface area contributed by atoms with Gasteiger partial charge in [0.25, 0.3) is 0 Å². The zero-order valence-electron chi connectivity index (χ0n) is 12.5. The van der Waals surface area contributed by atoms with Gasteiger partial charge < -0.3 is 10.2 Å². The van der Waals surface area contributed by atoms with E-state index in [1.807, 2.05) is 25.5 Å². The summed E-state index contributed by atoms with van der Waals surface area (Å²) >= 11 is 1.69. The van der Waals surface area contributed by atoms with Crippen LogP contribution in [-0.4, -0.2) is 37.8 Å². The van der Waals surface area contributed by atoms with E-state index in [9.17, 15) is 13.2 Å². The zero-order valence-corrected chi connectivity index (χ0v) is 13.3. The van der Waals surface area contributed by atoms with Crippen LogP contribution in [0.1, 0.15) is 36.6 Å². The van der Waals surface area contributed by atoms with E-state index in [0.29, 0.717) is 13.0 Å². The van der Waals surface area contributed by atoms with E-state index in [1.54, 1.807) is 11.3 Å². The molecule has 0 bridgehead atoms. The van der Waals surface area contributed by atoms with Gasteiger partial charge in [-0.2, -0.15) is 13.2 Å². The SMILES string of the molecule is CN(C)C(CNC1CCCC(C(F)(F)F)C1)c1cccs1. The monoisotopic (exact) mass is 320 g/mol. The van der Waals surface area contributed by atoms with E-state index in [-0.39, 0.29) is 24.9 Å². The molecule has 2 nitrogen and oxygen atoms in total. The number of nitrogens with one attached hydrogen (secondary N) is 1. The molecule has 1 saturated carbocycles. The van der Waals surface area contributed by atoms with Crippen LogP contribution in [0, 0.1) is 5.92 Å². The molecule has 0 saturated heterocycles. The lowest BCUT2D eigenvalue weighted by molar-refractivity contribution is -0.183. The number of nitrogens with zero attached hydrogens (tertiary/aromatic N) is 1. The Hall–Kier alpha value is -0.590. The first kappa shape index (κ1) is 16.8. The van der Waals surface area contributed by atoms with Crippen LogP contribution in [0.2, 0.25) is 0 Å². The lowest BCUT2D eigenvalue weighted by Gasteiger charge is -2.33. The fourth-order valence-corrected chi connectivity index (χ4v) is 3.89. The van der Waals surface area contributed by atoms with Crippen LogP contribution in [0.15, 0.2) is 17.5 Å². The Morgan fingerprint density at radius 2 is 2.14 bits per heavy atom. The van der Waals surface area contributed by atoms with Crippen molar-refractivity contribution in [1.82, 2.24) is 10.2 Å². The minimum Gasteiger partial charge on any atom is -0.312 e. The van der Waals surface area contributed by atoms with Crippen molar-refractivity contribution in [2.24, 2.45) is 5.92 Å². The summed E-state index contributed by atoms with van der Waals surface area (Å²) < 4.78 is 38.5. The van der Waals surface area contributed by atoms with Crippen molar-refractivity contribution in [3.05, 3.63) is 22.4 Å². The second kappa shape index (κ2) is 7.11. The van der Waals surface area contributed by atoms with Crippen molar-refractivity contribution >= 4 is 11.3 Å². The molecule has 1 aliphatic carbocycles. The Balaban J connectivity index is 1.89. The highest BCUT2D eigenvalue weighted by atomic mass is 32.1. The molecule has 1 aromatic heterocycles. The van der Waals surface area contributed by atoms with Crippen molar-refractivity contribution < 1.29 is 13.2 Å². The Morgan fingerprint density at radius 3 is 2.71 bits per heavy atom. The molecule has 1 N–H and O–H groups in total. The molecule has 0 aromatic carbocycles. The van der Waals surface area contributed by atoms with E-state index in [2.05, 4.69) is 16.3 Å². The summed E-state index contributed by atoms with van der Waals surface area (Å²) in [7, 11) is 4.01. The van der Waals surface area contributed by atoms with Crippen LogP contribution in [0.25, 0.3) is 0 Å². The summed E-state index contributed by atoms with van der Waals surface area (Å²) in [5.41, 5.74) is 0. The van der Waals surface area contributed by atoms with Crippen molar-refractivity contribution in [3.8, 4) is 0 Å². The summed E-state index contributed by atoms with van der Waals surface area (Å²) in [6.07, 6.45) is -2.04. The Morgan fingerprint density at radius 1 is 1.38 bits per heavy atom. The van der Waals surface area contributed by atoms with Gasteiger partial charge in [0.05, 0.1) is 12.0 Å². The average Bonchev–Trinajstić information content (AvgIpc) is 2.92. The molecule has 1 fully saturated rings. The molecular weight excluding hydrogens is 297 g/mol. The zero-order chi connectivity index (χ0) is 15.5. The second-order valence-electron chi connectivity index (χ2n) is 6.01. The Kier molecular flexibility index (Phi) is 5.68. The summed E-state index contributed by atoms with van der Waals surface area (Å²) in [6, 6.07) is 4.29.